The Bertz CT molecular complexity index is 434. The van der Waals surface area contributed by atoms with Crippen LogP contribution in [-0.2, 0) is 4.79 Å². The average Bonchev–Trinajstić information content (AvgIpc) is 2.28. The van der Waals surface area contributed by atoms with Crippen LogP contribution in [0.25, 0.3) is 0 Å². The number of carbonyl (C=O) groups is 1. The van der Waals surface area contributed by atoms with Crippen molar-refractivity contribution in [3.63, 3.8) is 0 Å². The molecule has 1 aromatic rings. The Balaban J connectivity index is 2.65. The smallest absolute Gasteiger partial charge is 0.325 e. The highest BCUT2D eigenvalue weighted by Crippen LogP contribution is 2.37. The highest BCUT2D eigenvalue weighted by atomic mass is 79.9. The van der Waals surface area contributed by atoms with E-state index in [9.17, 15) is 18.0 Å². The Labute approximate surface area is 122 Å². The number of hydrogen-bond acceptors (Lipinski definition) is 2. The van der Waals surface area contributed by atoms with Crippen LogP contribution in [0.2, 0.25) is 0 Å². The van der Waals surface area contributed by atoms with Crippen LogP contribution in [0, 0.1) is 5.92 Å². The first kappa shape index (κ1) is 16.4. The molecule has 2 nitrogen and oxygen atoms in total. The molecule has 1 N–H and O–H groups in total. The Hall–Kier alpha value is -0.690. The average molecular weight is 356 g/mol. The number of anilines is 1. The van der Waals surface area contributed by atoms with Gasteiger partial charge in [0.2, 0.25) is 5.91 Å². The van der Waals surface area contributed by atoms with Gasteiger partial charge in [-0.05, 0) is 41.9 Å². The first-order chi connectivity index (χ1) is 8.69. The molecule has 1 aromatic carbocycles. The van der Waals surface area contributed by atoms with Crippen LogP contribution >= 0.6 is 27.7 Å². The Morgan fingerprint density at radius 3 is 2.21 bits per heavy atom. The van der Waals surface area contributed by atoms with Crippen molar-refractivity contribution >= 4 is 39.3 Å². The molecule has 1 unspecified atom stereocenters. The maximum absolute atomic E-state index is 12.1. The number of rotatable bonds is 4. The van der Waals surface area contributed by atoms with Gasteiger partial charge in [-0.2, -0.15) is 13.2 Å². The molecule has 0 aliphatic rings. The summed E-state index contributed by atoms with van der Waals surface area (Å²) in [4.78, 5) is 11.5. The first-order valence-electron chi connectivity index (χ1n) is 5.50. The fourth-order valence-corrected chi connectivity index (χ4v) is 1.91. The summed E-state index contributed by atoms with van der Waals surface area (Å²) in [7, 11) is 0. The normalized spacial score (nSPS) is 13.4. The lowest BCUT2D eigenvalue weighted by Gasteiger charge is -2.14. The number of halogens is 4. The van der Waals surface area contributed by atoms with Crippen molar-refractivity contribution in [1.29, 1.82) is 0 Å². The van der Waals surface area contributed by atoms with Gasteiger partial charge in [0.25, 0.3) is 0 Å². The van der Waals surface area contributed by atoms with E-state index in [4.69, 9.17) is 0 Å². The topological polar surface area (TPSA) is 29.1 Å². The van der Waals surface area contributed by atoms with Crippen LogP contribution in [0.1, 0.15) is 13.8 Å². The maximum atomic E-state index is 12.1. The Kier molecular flexibility index (Phi) is 5.73. The van der Waals surface area contributed by atoms with Crippen LogP contribution in [-0.4, -0.2) is 16.2 Å². The highest BCUT2D eigenvalue weighted by molar-refractivity contribution is 9.10. The maximum Gasteiger partial charge on any atom is 0.446 e. The Morgan fingerprint density at radius 1 is 1.26 bits per heavy atom. The number of benzene rings is 1. The molecule has 1 rings (SSSR count). The van der Waals surface area contributed by atoms with Crippen molar-refractivity contribution < 1.29 is 18.0 Å². The van der Waals surface area contributed by atoms with Crippen LogP contribution in [0.3, 0.4) is 0 Å². The lowest BCUT2D eigenvalue weighted by Crippen LogP contribution is -2.26. The van der Waals surface area contributed by atoms with Gasteiger partial charge in [-0.3, -0.25) is 4.79 Å². The van der Waals surface area contributed by atoms with Gasteiger partial charge in [0.05, 0.1) is 4.83 Å². The minimum Gasteiger partial charge on any atom is -0.325 e. The summed E-state index contributed by atoms with van der Waals surface area (Å²) in [5.74, 6) is -0.0914. The van der Waals surface area contributed by atoms with E-state index in [1.54, 1.807) is 0 Å². The molecule has 19 heavy (non-hydrogen) atoms. The lowest BCUT2D eigenvalue weighted by atomic mass is 10.1. The molecule has 7 heteroatoms. The van der Waals surface area contributed by atoms with Crippen LogP contribution in [0.5, 0.6) is 0 Å². The number of hydrogen-bond donors (Lipinski definition) is 1. The van der Waals surface area contributed by atoms with Gasteiger partial charge in [-0.1, -0.05) is 29.8 Å². The van der Waals surface area contributed by atoms with E-state index in [1.165, 1.54) is 24.3 Å². The fraction of sp³-hybridized carbons (Fsp3) is 0.417. The van der Waals surface area contributed by atoms with Crippen molar-refractivity contribution in [1.82, 2.24) is 0 Å². The zero-order valence-electron chi connectivity index (χ0n) is 10.3. The molecule has 106 valence electrons. The number of alkyl halides is 4. The number of carbonyl (C=O) groups excluding carboxylic acids is 1. The molecule has 0 saturated heterocycles. The zero-order valence-corrected chi connectivity index (χ0v) is 12.7. The largest absolute Gasteiger partial charge is 0.446 e. The molecular weight excluding hydrogens is 343 g/mol. The summed E-state index contributed by atoms with van der Waals surface area (Å²) < 4.78 is 36.4. The molecule has 0 spiro atoms. The first-order valence-corrected chi connectivity index (χ1v) is 7.23. The van der Waals surface area contributed by atoms with Crippen LogP contribution in [0.4, 0.5) is 18.9 Å². The molecular formula is C12H13BrF3NOS. The van der Waals surface area contributed by atoms with Crippen molar-refractivity contribution in [2.24, 2.45) is 5.92 Å². The van der Waals surface area contributed by atoms with Gasteiger partial charge in [-0.25, -0.2) is 0 Å². The summed E-state index contributed by atoms with van der Waals surface area (Å²) in [5, 5.41) is 2.64. The molecule has 0 heterocycles. The highest BCUT2D eigenvalue weighted by Gasteiger charge is 2.29. The van der Waals surface area contributed by atoms with E-state index >= 15 is 0 Å². The van der Waals surface area contributed by atoms with E-state index < -0.39 is 5.51 Å². The third-order valence-electron chi connectivity index (χ3n) is 2.19. The molecule has 0 radical (unpaired) electrons. The molecule has 1 atom stereocenters. The van der Waals surface area contributed by atoms with Crippen molar-refractivity contribution in [3.8, 4) is 0 Å². The van der Waals surface area contributed by atoms with Crippen molar-refractivity contribution in [3.05, 3.63) is 24.3 Å². The predicted molar refractivity (Wildman–Crippen MR) is 74.5 cm³/mol. The zero-order chi connectivity index (χ0) is 14.6. The minimum absolute atomic E-state index is 0.0877. The monoisotopic (exact) mass is 355 g/mol. The van der Waals surface area contributed by atoms with E-state index in [0.717, 1.165) is 0 Å². The van der Waals surface area contributed by atoms with Crippen LogP contribution in [0.15, 0.2) is 29.2 Å². The van der Waals surface area contributed by atoms with Gasteiger partial charge >= 0.3 is 5.51 Å². The second kappa shape index (κ2) is 6.65. The summed E-state index contributed by atoms with van der Waals surface area (Å²) >= 11 is 3.07. The van der Waals surface area contributed by atoms with Crippen molar-refractivity contribution in [2.75, 3.05) is 5.32 Å². The summed E-state index contributed by atoms with van der Waals surface area (Å²) in [6.07, 6.45) is 0. The predicted octanol–water partition coefficient (Wildman–Crippen LogP) is 4.66. The summed E-state index contributed by atoms with van der Waals surface area (Å²) in [6.45, 7) is 3.78. The second-order valence-electron chi connectivity index (χ2n) is 4.21. The van der Waals surface area contributed by atoms with Gasteiger partial charge in [-0.15, -0.1) is 0 Å². The molecule has 0 bridgehead atoms. The summed E-state index contributed by atoms with van der Waals surface area (Å²) in [5.41, 5.74) is -3.83. The van der Waals surface area contributed by atoms with Gasteiger partial charge in [0.1, 0.15) is 0 Å². The lowest BCUT2D eigenvalue weighted by molar-refractivity contribution is -0.116. The third-order valence-corrected chi connectivity index (χ3v) is 4.40. The van der Waals surface area contributed by atoms with Crippen molar-refractivity contribution in [2.45, 2.75) is 29.1 Å². The molecule has 0 saturated carbocycles. The van der Waals surface area contributed by atoms with Crippen LogP contribution < -0.4 is 5.32 Å². The second-order valence-corrected chi connectivity index (χ2v) is 6.33. The molecule has 0 aliphatic carbocycles. The van der Waals surface area contributed by atoms with Gasteiger partial charge in [0.15, 0.2) is 0 Å². The third kappa shape index (κ3) is 5.86. The number of nitrogens with one attached hydrogen (secondary N) is 1. The Morgan fingerprint density at radius 2 is 1.79 bits per heavy atom. The van der Waals surface area contributed by atoms with Gasteiger partial charge in [0, 0.05) is 10.6 Å². The SMILES string of the molecule is CC(C)C(Br)C(=O)Nc1ccc(SC(F)(F)F)cc1. The standard InChI is InChI=1S/C12H13BrF3NOS/c1-7(2)10(13)11(18)17-8-3-5-9(6-4-8)19-12(14,15)16/h3-7,10H,1-2H3,(H,17,18). The summed E-state index contributed by atoms with van der Waals surface area (Å²) in [6, 6.07) is 5.55. The van der Waals surface area contributed by atoms with Gasteiger partial charge < -0.3 is 5.32 Å². The molecule has 0 fully saturated rings. The molecule has 1 amide bonds. The fourth-order valence-electron chi connectivity index (χ4n) is 1.25. The van der Waals surface area contributed by atoms with E-state index in [2.05, 4.69) is 21.2 Å². The van der Waals surface area contributed by atoms with E-state index in [0.29, 0.717) is 5.69 Å². The molecule has 0 aliphatic heterocycles. The molecule has 0 aromatic heterocycles. The quantitative estimate of drug-likeness (QED) is 0.628. The minimum atomic E-state index is -4.30. The number of amides is 1. The number of thioether (sulfide) groups is 1. The van der Waals surface area contributed by atoms with E-state index in [1.807, 2.05) is 13.8 Å². The van der Waals surface area contributed by atoms with E-state index in [-0.39, 0.29) is 33.3 Å².